The summed E-state index contributed by atoms with van der Waals surface area (Å²) in [5, 5.41) is 9.12. The summed E-state index contributed by atoms with van der Waals surface area (Å²) in [6.45, 7) is -0.191. The Balaban J connectivity index is 2.69. The average Bonchev–Trinajstić information content (AvgIpc) is 2.31. The van der Waals surface area contributed by atoms with Crippen molar-refractivity contribution in [3.63, 3.8) is 0 Å². The van der Waals surface area contributed by atoms with E-state index in [2.05, 4.69) is 16.8 Å². The molecule has 0 saturated heterocycles. The Hall–Kier alpha value is -2.12. The summed E-state index contributed by atoms with van der Waals surface area (Å²) in [6, 6.07) is 5.21. The summed E-state index contributed by atoms with van der Waals surface area (Å²) >= 11 is 0. The van der Waals surface area contributed by atoms with Gasteiger partial charge in [-0.1, -0.05) is 11.8 Å². The van der Waals surface area contributed by atoms with E-state index < -0.39 is 0 Å². The molecule has 80 valence electrons. The van der Waals surface area contributed by atoms with Crippen LogP contribution < -0.4 is 5.56 Å². The summed E-state index contributed by atoms with van der Waals surface area (Å²) < 4.78 is 1.42. The highest BCUT2D eigenvalue weighted by atomic mass is 16.2. The zero-order valence-corrected chi connectivity index (χ0v) is 8.77. The van der Waals surface area contributed by atoms with Gasteiger partial charge in [0.25, 0.3) is 5.56 Å². The first kappa shape index (κ1) is 10.4. The van der Waals surface area contributed by atoms with Crippen LogP contribution >= 0.6 is 0 Å². The first-order valence-electron chi connectivity index (χ1n) is 4.77. The van der Waals surface area contributed by atoms with Crippen molar-refractivity contribution in [3.8, 4) is 11.8 Å². The third-order valence-electron chi connectivity index (χ3n) is 2.23. The highest BCUT2D eigenvalue weighted by molar-refractivity contribution is 5.78. The van der Waals surface area contributed by atoms with Crippen LogP contribution in [0.4, 0.5) is 0 Å². The number of aliphatic hydroxyl groups excluding tert-OH is 1. The third kappa shape index (κ3) is 1.81. The third-order valence-corrected chi connectivity index (χ3v) is 2.23. The molecule has 0 spiro atoms. The Morgan fingerprint density at radius 3 is 3.06 bits per heavy atom. The van der Waals surface area contributed by atoms with Crippen LogP contribution in [0.25, 0.3) is 10.9 Å². The van der Waals surface area contributed by atoms with Gasteiger partial charge < -0.3 is 9.67 Å². The molecule has 0 unspecified atom stereocenters. The van der Waals surface area contributed by atoms with Gasteiger partial charge in [-0.25, -0.2) is 4.98 Å². The van der Waals surface area contributed by atoms with Gasteiger partial charge in [0.1, 0.15) is 6.61 Å². The molecule has 1 N–H and O–H groups in total. The van der Waals surface area contributed by atoms with Crippen LogP contribution in [-0.2, 0) is 7.05 Å². The lowest BCUT2D eigenvalue weighted by Crippen LogP contribution is -2.16. The molecular weight excluding hydrogens is 204 g/mol. The zero-order valence-electron chi connectivity index (χ0n) is 8.77. The van der Waals surface area contributed by atoms with Gasteiger partial charge in [-0.3, -0.25) is 4.79 Å². The van der Waals surface area contributed by atoms with Crippen molar-refractivity contribution in [1.29, 1.82) is 0 Å². The van der Waals surface area contributed by atoms with Gasteiger partial charge in [0.05, 0.1) is 17.2 Å². The van der Waals surface area contributed by atoms with Gasteiger partial charge in [0.2, 0.25) is 0 Å². The van der Waals surface area contributed by atoms with Crippen molar-refractivity contribution in [2.75, 3.05) is 6.61 Å². The monoisotopic (exact) mass is 214 g/mol. The summed E-state index contributed by atoms with van der Waals surface area (Å²) in [4.78, 5) is 15.9. The maximum absolute atomic E-state index is 11.8. The Kier molecular flexibility index (Phi) is 2.71. The van der Waals surface area contributed by atoms with E-state index in [1.807, 2.05) is 0 Å². The number of rotatable bonds is 0. The molecule has 0 aliphatic rings. The second kappa shape index (κ2) is 4.17. The Labute approximate surface area is 92.2 Å². The van der Waals surface area contributed by atoms with Crippen LogP contribution in [0.2, 0.25) is 0 Å². The van der Waals surface area contributed by atoms with Crippen molar-refractivity contribution in [1.82, 2.24) is 9.55 Å². The van der Waals surface area contributed by atoms with Gasteiger partial charge in [0.15, 0.2) is 0 Å². The maximum Gasteiger partial charge on any atom is 0.260 e. The summed E-state index contributed by atoms with van der Waals surface area (Å²) in [7, 11) is 1.65. The topological polar surface area (TPSA) is 55.1 Å². The molecule has 0 saturated carbocycles. The van der Waals surface area contributed by atoms with Crippen LogP contribution in [0.5, 0.6) is 0 Å². The van der Waals surface area contributed by atoms with Gasteiger partial charge in [0, 0.05) is 12.6 Å². The lowest BCUT2D eigenvalue weighted by Gasteiger charge is -2.00. The predicted molar refractivity (Wildman–Crippen MR) is 60.9 cm³/mol. The smallest absolute Gasteiger partial charge is 0.260 e. The fourth-order valence-electron chi connectivity index (χ4n) is 1.43. The van der Waals surface area contributed by atoms with Crippen LogP contribution in [0.1, 0.15) is 5.56 Å². The molecule has 4 heteroatoms. The highest BCUT2D eigenvalue weighted by Crippen LogP contribution is 2.08. The number of benzene rings is 1. The van der Waals surface area contributed by atoms with Crippen LogP contribution in [0, 0.1) is 11.8 Å². The molecule has 1 aromatic heterocycles. The SMILES string of the molecule is Cn1cnc2ccc(C#CCO)cc2c1=O. The van der Waals surface area contributed by atoms with Gasteiger partial charge in [-0.15, -0.1) is 0 Å². The van der Waals surface area contributed by atoms with Gasteiger partial charge in [-0.05, 0) is 18.2 Å². The quantitative estimate of drug-likeness (QED) is 0.641. The van der Waals surface area contributed by atoms with Crippen LogP contribution in [-0.4, -0.2) is 21.3 Å². The van der Waals surface area contributed by atoms with E-state index in [4.69, 9.17) is 5.11 Å². The average molecular weight is 214 g/mol. The molecule has 2 aromatic rings. The van der Waals surface area contributed by atoms with E-state index in [1.54, 1.807) is 25.2 Å². The first-order chi connectivity index (χ1) is 7.72. The zero-order chi connectivity index (χ0) is 11.5. The molecule has 0 radical (unpaired) electrons. The molecule has 0 amide bonds. The summed E-state index contributed by atoms with van der Waals surface area (Å²) in [6.07, 6.45) is 1.49. The van der Waals surface area contributed by atoms with E-state index in [-0.39, 0.29) is 12.2 Å². The molecule has 1 heterocycles. The molecule has 4 nitrogen and oxygen atoms in total. The summed E-state index contributed by atoms with van der Waals surface area (Å²) in [5.74, 6) is 5.30. The number of aryl methyl sites for hydroxylation is 1. The van der Waals surface area contributed by atoms with Gasteiger partial charge >= 0.3 is 0 Å². The fraction of sp³-hybridized carbons (Fsp3) is 0.167. The summed E-state index contributed by atoms with van der Waals surface area (Å²) in [5.41, 5.74) is 1.25. The number of fused-ring (bicyclic) bond motifs is 1. The normalized spacial score (nSPS) is 9.88. The predicted octanol–water partition coefficient (Wildman–Crippen LogP) is 0.277. The fourth-order valence-corrected chi connectivity index (χ4v) is 1.43. The minimum Gasteiger partial charge on any atom is -0.384 e. The number of aliphatic hydroxyl groups is 1. The highest BCUT2D eigenvalue weighted by Gasteiger charge is 2.01. The molecule has 2 rings (SSSR count). The van der Waals surface area contributed by atoms with E-state index in [0.29, 0.717) is 16.5 Å². The molecule has 0 aliphatic heterocycles. The lowest BCUT2D eigenvalue weighted by molar-refractivity contribution is 0.350. The number of hydrogen-bond donors (Lipinski definition) is 1. The standard InChI is InChI=1S/C12H10N2O2/c1-14-8-13-11-5-4-9(3-2-6-15)7-10(11)12(14)16/h4-5,7-8,15H,6H2,1H3. The van der Waals surface area contributed by atoms with Gasteiger partial charge in [-0.2, -0.15) is 0 Å². The maximum atomic E-state index is 11.8. The van der Waals surface area contributed by atoms with E-state index in [1.165, 1.54) is 10.9 Å². The molecule has 1 aromatic carbocycles. The number of aromatic nitrogens is 2. The molecule has 0 atom stereocenters. The molecule has 16 heavy (non-hydrogen) atoms. The lowest BCUT2D eigenvalue weighted by atomic mass is 10.1. The van der Waals surface area contributed by atoms with Crippen molar-refractivity contribution in [3.05, 3.63) is 40.4 Å². The van der Waals surface area contributed by atoms with Crippen molar-refractivity contribution >= 4 is 10.9 Å². The largest absolute Gasteiger partial charge is 0.384 e. The van der Waals surface area contributed by atoms with Crippen LogP contribution in [0.3, 0.4) is 0 Å². The van der Waals surface area contributed by atoms with Crippen molar-refractivity contribution in [2.24, 2.45) is 7.05 Å². The molecule has 0 aliphatic carbocycles. The van der Waals surface area contributed by atoms with Crippen LogP contribution in [0.15, 0.2) is 29.3 Å². The number of nitrogens with zero attached hydrogens (tertiary/aromatic N) is 2. The molecule has 0 bridgehead atoms. The van der Waals surface area contributed by atoms with E-state index in [9.17, 15) is 4.79 Å². The first-order valence-corrected chi connectivity index (χ1v) is 4.77. The second-order valence-electron chi connectivity index (χ2n) is 3.35. The Morgan fingerprint density at radius 1 is 1.50 bits per heavy atom. The minimum atomic E-state index is -0.191. The Morgan fingerprint density at radius 2 is 2.31 bits per heavy atom. The van der Waals surface area contributed by atoms with Crippen molar-refractivity contribution < 1.29 is 5.11 Å². The minimum absolute atomic E-state index is 0.0994. The van der Waals surface area contributed by atoms with E-state index >= 15 is 0 Å². The van der Waals surface area contributed by atoms with E-state index in [0.717, 1.165) is 0 Å². The Bertz CT molecular complexity index is 647. The van der Waals surface area contributed by atoms with Crippen molar-refractivity contribution in [2.45, 2.75) is 0 Å². The second-order valence-corrected chi connectivity index (χ2v) is 3.35. The molecule has 0 fully saturated rings. The number of hydrogen-bond acceptors (Lipinski definition) is 3. The molecular formula is C12H10N2O2.